The van der Waals surface area contributed by atoms with Gasteiger partial charge in [-0.15, -0.1) is 0 Å². The molecule has 0 saturated carbocycles. The fourth-order valence-electron chi connectivity index (χ4n) is 1.02. The maximum atomic E-state index is 3.22. The molecule has 0 aromatic rings. The Bertz CT molecular complexity index is 71.1. The third kappa shape index (κ3) is 5.84. The molecule has 0 aromatic carbocycles. The van der Waals surface area contributed by atoms with Crippen LogP contribution in [0.4, 0.5) is 0 Å². The van der Waals surface area contributed by atoms with E-state index in [4.69, 9.17) is 0 Å². The van der Waals surface area contributed by atoms with Gasteiger partial charge >= 0.3 is 0 Å². The van der Waals surface area contributed by atoms with Crippen molar-refractivity contribution in [3.8, 4) is 0 Å². The van der Waals surface area contributed by atoms with E-state index in [-0.39, 0.29) is 0 Å². The van der Waals surface area contributed by atoms with E-state index in [0.717, 1.165) is 0 Å². The van der Waals surface area contributed by atoms with Crippen LogP contribution in [-0.2, 0) is 0 Å². The standard InChI is InChI=1S/C8H19N/c1-7(9-5)6-8(2,3)4/h7,9H,6H2,1-5H3. The molecule has 0 bridgehead atoms. The fourth-order valence-corrected chi connectivity index (χ4v) is 1.02. The highest BCUT2D eigenvalue weighted by molar-refractivity contribution is 4.68. The SMILES string of the molecule is CNC(C)CC(C)(C)C. The molecule has 0 radical (unpaired) electrons. The van der Waals surface area contributed by atoms with Crippen LogP contribution in [-0.4, -0.2) is 13.1 Å². The van der Waals surface area contributed by atoms with Gasteiger partial charge in [0.05, 0.1) is 0 Å². The summed E-state index contributed by atoms with van der Waals surface area (Å²) in [6.07, 6.45) is 1.24. The highest BCUT2D eigenvalue weighted by Gasteiger charge is 2.12. The third-order valence-electron chi connectivity index (χ3n) is 1.41. The molecule has 0 fully saturated rings. The van der Waals surface area contributed by atoms with Gasteiger partial charge in [0.25, 0.3) is 0 Å². The van der Waals surface area contributed by atoms with E-state index in [1.807, 2.05) is 7.05 Å². The Labute approximate surface area is 58.8 Å². The topological polar surface area (TPSA) is 12.0 Å². The minimum Gasteiger partial charge on any atom is -0.317 e. The van der Waals surface area contributed by atoms with Gasteiger partial charge in [-0.05, 0) is 25.8 Å². The zero-order valence-corrected chi connectivity index (χ0v) is 7.28. The fraction of sp³-hybridized carbons (Fsp3) is 1.00. The summed E-state index contributed by atoms with van der Waals surface area (Å²) >= 11 is 0. The van der Waals surface area contributed by atoms with E-state index in [1.54, 1.807) is 0 Å². The van der Waals surface area contributed by atoms with Gasteiger partial charge in [0.1, 0.15) is 0 Å². The van der Waals surface area contributed by atoms with Gasteiger partial charge < -0.3 is 5.32 Å². The van der Waals surface area contributed by atoms with Crippen LogP contribution in [0, 0.1) is 5.41 Å². The monoisotopic (exact) mass is 129 g/mol. The number of rotatable bonds is 2. The number of nitrogens with one attached hydrogen (secondary N) is 1. The van der Waals surface area contributed by atoms with Gasteiger partial charge in [-0.25, -0.2) is 0 Å². The first-order valence-corrected chi connectivity index (χ1v) is 3.63. The van der Waals surface area contributed by atoms with Crippen molar-refractivity contribution in [1.82, 2.24) is 5.32 Å². The first kappa shape index (κ1) is 8.96. The van der Waals surface area contributed by atoms with Crippen molar-refractivity contribution in [2.45, 2.75) is 40.2 Å². The van der Waals surface area contributed by atoms with Crippen molar-refractivity contribution < 1.29 is 0 Å². The predicted molar refractivity (Wildman–Crippen MR) is 42.6 cm³/mol. The van der Waals surface area contributed by atoms with E-state index in [9.17, 15) is 0 Å². The first-order valence-electron chi connectivity index (χ1n) is 3.63. The summed E-state index contributed by atoms with van der Waals surface area (Å²) in [6.45, 7) is 9.01. The maximum Gasteiger partial charge on any atom is 0.00407 e. The quantitative estimate of drug-likeness (QED) is 0.601. The van der Waals surface area contributed by atoms with E-state index < -0.39 is 0 Å². The van der Waals surface area contributed by atoms with E-state index in [2.05, 4.69) is 33.0 Å². The van der Waals surface area contributed by atoms with Crippen LogP contribution in [0.1, 0.15) is 34.1 Å². The lowest BCUT2D eigenvalue weighted by molar-refractivity contribution is 0.328. The van der Waals surface area contributed by atoms with Gasteiger partial charge in [-0.1, -0.05) is 20.8 Å². The Balaban J connectivity index is 3.47. The van der Waals surface area contributed by atoms with Gasteiger partial charge in [-0.2, -0.15) is 0 Å². The molecule has 56 valence electrons. The van der Waals surface area contributed by atoms with Gasteiger partial charge in [0.2, 0.25) is 0 Å². The zero-order valence-electron chi connectivity index (χ0n) is 7.28. The van der Waals surface area contributed by atoms with Crippen LogP contribution in [0.25, 0.3) is 0 Å². The van der Waals surface area contributed by atoms with Gasteiger partial charge in [0.15, 0.2) is 0 Å². The molecule has 0 amide bonds. The predicted octanol–water partition coefficient (Wildman–Crippen LogP) is 2.03. The Morgan fingerprint density at radius 1 is 1.33 bits per heavy atom. The summed E-state index contributed by atoms with van der Waals surface area (Å²) in [6, 6.07) is 0.644. The van der Waals surface area contributed by atoms with E-state index in [0.29, 0.717) is 11.5 Å². The Morgan fingerprint density at radius 3 is 1.89 bits per heavy atom. The molecule has 1 heteroatoms. The highest BCUT2D eigenvalue weighted by Crippen LogP contribution is 2.19. The summed E-state index contributed by atoms with van der Waals surface area (Å²) in [5.41, 5.74) is 0.461. The maximum absolute atomic E-state index is 3.22. The average molecular weight is 129 g/mol. The largest absolute Gasteiger partial charge is 0.317 e. The molecule has 0 aliphatic carbocycles. The molecule has 0 aliphatic heterocycles. The molecule has 1 nitrogen and oxygen atoms in total. The molecule has 0 rings (SSSR count). The summed E-state index contributed by atoms with van der Waals surface area (Å²) in [7, 11) is 2.01. The molecule has 0 aromatic heterocycles. The first-order chi connectivity index (χ1) is 3.95. The van der Waals surface area contributed by atoms with Crippen LogP contribution in [0.15, 0.2) is 0 Å². The van der Waals surface area contributed by atoms with Gasteiger partial charge in [-0.3, -0.25) is 0 Å². The third-order valence-corrected chi connectivity index (χ3v) is 1.41. The molecule has 9 heavy (non-hydrogen) atoms. The van der Waals surface area contributed by atoms with Crippen molar-refractivity contribution in [3.05, 3.63) is 0 Å². The molecular formula is C8H19N. The Morgan fingerprint density at radius 2 is 1.78 bits per heavy atom. The summed E-state index contributed by atoms with van der Waals surface area (Å²) < 4.78 is 0. The molecular weight excluding hydrogens is 110 g/mol. The minimum atomic E-state index is 0.461. The van der Waals surface area contributed by atoms with Crippen molar-refractivity contribution in [1.29, 1.82) is 0 Å². The van der Waals surface area contributed by atoms with E-state index >= 15 is 0 Å². The Hall–Kier alpha value is -0.0400. The molecule has 0 heterocycles. The molecule has 0 aliphatic rings. The number of hydrogen-bond donors (Lipinski definition) is 1. The molecule has 1 N–H and O–H groups in total. The molecule has 1 unspecified atom stereocenters. The molecule has 0 spiro atoms. The summed E-state index contributed by atoms with van der Waals surface area (Å²) in [4.78, 5) is 0. The van der Waals surface area contributed by atoms with Crippen LogP contribution < -0.4 is 5.32 Å². The summed E-state index contributed by atoms with van der Waals surface area (Å²) in [5, 5.41) is 3.22. The zero-order chi connectivity index (χ0) is 7.49. The van der Waals surface area contributed by atoms with Crippen molar-refractivity contribution in [3.63, 3.8) is 0 Å². The lowest BCUT2D eigenvalue weighted by Crippen LogP contribution is -2.26. The van der Waals surface area contributed by atoms with E-state index in [1.165, 1.54) is 6.42 Å². The normalized spacial score (nSPS) is 15.7. The summed E-state index contributed by atoms with van der Waals surface area (Å²) in [5.74, 6) is 0. The van der Waals surface area contributed by atoms with Crippen molar-refractivity contribution in [2.75, 3.05) is 7.05 Å². The number of hydrogen-bond acceptors (Lipinski definition) is 1. The van der Waals surface area contributed by atoms with Crippen LogP contribution in [0.2, 0.25) is 0 Å². The van der Waals surface area contributed by atoms with Crippen molar-refractivity contribution >= 4 is 0 Å². The average Bonchev–Trinajstić information content (AvgIpc) is 1.62. The second kappa shape index (κ2) is 3.21. The highest BCUT2D eigenvalue weighted by atomic mass is 14.9. The van der Waals surface area contributed by atoms with Gasteiger partial charge in [0, 0.05) is 6.04 Å². The molecule has 0 saturated heterocycles. The Kier molecular flexibility index (Phi) is 3.20. The van der Waals surface area contributed by atoms with Crippen LogP contribution >= 0.6 is 0 Å². The van der Waals surface area contributed by atoms with Crippen LogP contribution in [0.5, 0.6) is 0 Å². The second-order valence-electron chi connectivity index (χ2n) is 3.95. The lowest BCUT2D eigenvalue weighted by atomic mass is 9.89. The smallest absolute Gasteiger partial charge is 0.00407 e. The molecule has 1 atom stereocenters. The lowest BCUT2D eigenvalue weighted by Gasteiger charge is -2.22. The minimum absolute atomic E-state index is 0.461. The van der Waals surface area contributed by atoms with Crippen LogP contribution in [0.3, 0.4) is 0 Å². The van der Waals surface area contributed by atoms with Crippen molar-refractivity contribution in [2.24, 2.45) is 5.41 Å². The second-order valence-corrected chi connectivity index (χ2v) is 3.95.